The lowest BCUT2D eigenvalue weighted by molar-refractivity contribution is -0.118. The van der Waals surface area contributed by atoms with Crippen LogP contribution in [0.3, 0.4) is 0 Å². The van der Waals surface area contributed by atoms with Crippen LogP contribution >= 0.6 is 23.4 Å². The molecular formula is C20H21ClN4O3S2. The summed E-state index contributed by atoms with van der Waals surface area (Å²) in [6.07, 6.45) is 5.19. The van der Waals surface area contributed by atoms with Gasteiger partial charge in [0.25, 0.3) is 0 Å². The van der Waals surface area contributed by atoms with Crippen LogP contribution in [0, 0.1) is 0 Å². The molecule has 10 heteroatoms. The van der Waals surface area contributed by atoms with Crippen molar-refractivity contribution in [2.75, 3.05) is 22.3 Å². The molecule has 2 aromatic heterocycles. The molecule has 0 saturated heterocycles. The Hall–Kier alpha value is -2.36. The van der Waals surface area contributed by atoms with Gasteiger partial charge in [-0.05, 0) is 31.2 Å². The molecule has 158 valence electrons. The summed E-state index contributed by atoms with van der Waals surface area (Å²) in [6.45, 7) is 2.27. The molecule has 0 N–H and O–H groups in total. The van der Waals surface area contributed by atoms with Crippen molar-refractivity contribution in [1.82, 2.24) is 14.8 Å². The third-order valence-corrected chi connectivity index (χ3v) is 7.93. The van der Waals surface area contributed by atoms with Gasteiger partial charge in [0.2, 0.25) is 5.91 Å². The van der Waals surface area contributed by atoms with Crippen LogP contribution in [0.15, 0.2) is 66.0 Å². The van der Waals surface area contributed by atoms with Crippen LogP contribution < -0.4 is 4.90 Å². The maximum absolute atomic E-state index is 12.7. The Balaban J connectivity index is 1.60. The number of carbonyl (C=O) groups excluding carboxylic acids is 1. The van der Waals surface area contributed by atoms with Gasteiger partial charge in [-0.15, -0.1) is 11.8 Å². The number of pyridine rings is 1. The third-order valence-electron chi connectivity index (χ3n) is 4.27. The number of carbonyl (C=O) groups is 1. The van der Waals surface area contributed by atoms with Crippen LogP contribution in [0.5, 0.6) is 0 Å². The number of aromatic nitrogens is 3. The zero-order chi connectivity index (χ0) is 21.6. The smallest absolute Gasteiger partial charge is 0.227 e. The predicted molar refractivity (Wildman–Crippen MR) is 120 cm³/mol. The first-order chi connectivity index (χ1) is 14.4. The Labute approximate surface area is 185 Å². The number of anilines is 1. The highest BCUT2D eigenvalue weighted by atomic mass is 35.5. The molecule has 0 radical (unpaired) electrons. The number of benzene rings is 1. The monoisotopic (exact) mass is 464 g/mol. The summed E-state index contributed by atoms with van der Waals surface area (Å²) in [5.74, 6) is 0.241. The number of hydrogen-bond acceptors (Lipinski definition) is 6. The summed E-state index contributed by atoms with van der Waals surface area (Å²) in [7, 11) is -3.37. The van der Waals surface area contributed by atoms with Crippen molar-refractivity contribution in [2.24, 2.45) is 0 Å². The van der Waals surface area contributed by atoms with Crippen molar-refractivity contribution in [3.63, 3.8) is 0 Å². The van der Waals surface area contributed by atoms with Gasteiger partial charge in [-0.2, -0.15) is 5.10 Å². The number of sulfone groups is 1. The van der Waals surface area contributed by atoms with Crippen LogP contribution in [0.2, 0.25) is 5.15 Å². The molecule has 0 aliphatic heterocycles. The second-order valence-corrected chi connectivity index (χ2v) is 10.1. The molecule has 0 unspecified atom stereocenters. The topological polar surface area (TPSA) is 85.2 Å². The van der Waals surface area contributed by atoms with E-state index in [0.717, 1.165) is 5.69 Å². The van der Waals surface area contributed by atoms with Crippen molar-refractivity contribution >= 4 is 44.8 Å². The van der Waals surface area contributed by atoms with Crippen molar-refractivity contribution < 1.29 is 13.2 Å². The summed E-state index contributed by atoms with van der Waals surface area (Å²) in [6, 6.07) is 11.9. The summed E-state index contributed by atoms with van der Waals surface area (Å²) < 4.78 is 26.2. The van der Waals surface area contributed by atoms with E-state index in [9.17, 15) is 13.2 Å². The van der Waals surface area contributed by atoms with Crippen LogP contribution in [-0.4, -0.2) is 46.5 Å². The van der Waals surface area contributed by atoms with E-state index in [1.807, 2.05) is 13.0 Å². The molecule has 0 bridgehead atoms. The summed E-state index contributed by atoms with van der Waals surface area (Å²) in [4.78, 5) is 18.6. The van der Waals surface area contributed by atoms with E-state index in [-0.39, 0.29) is 27.5 Å². The highest BCUT2D eigenvalue weighted by Gasteiger charge is 2.21. The Morgan fingerprint density at radius 3 is 2.63 bits per heavy atom. The number of halogens is 1. The van der Waals surface area contributed by atoms with Gasteiger partial charge in [-0.25, -0.2) is 13.1 Å². The average molecular weight is 465 g/mol. The number of hydrogen-bond donors (Lipinski definition) is 0. The first-order valence-electron chi connectivity index (χ1n) is 9.24. The van der Waals surface area contributed by atoms with Crippen molar-refractivity contribution in [3.05, 3.63) is 66.2 Å². The maximum atomic E-state index is 12.7. The molecule has 7 nitrogen and oxygen atoms in total. The van der Waals surface area contributed by atoms with Gasteiger partial charge in [0.05, 0.1) is 23.0 Å². The quantitative estimate of drug-likeness (QED) is 0.447. The standard InChI is InChI=1S/C20H21ClN4O3S2/c1-2-24(18-14-25(23-20(18)21)16-7-6-11-22-13-16)19(26)10-12-29-15-30(27,28)17-8-4-3-5-9-17/h3-9,11,13-14H,2,10,12,15H2,1H3. The second kappa shape index (κ2) is 10.1. The molecule has 3 aromatic rings. The zero-order valence-corrected chi connectivity index (χ0v) is 18.7. The lowest BCUT2D eigenvalue weighted by Crippen LogP contribution is -2.30. The van der Waals surface area contributed by atoms with E-state index >= 15 is 0 Å². The molecule has 2 heterocycles. The van der Waals surface area contributed by atoms with Crippen molar-refractivity contribution in [1.29, 1.82) is 0 Å². The van der Waals surface area contributed by atoms with Gasteiger partial charge in [0.1, 0.15) is 10.8 Å². The molecule has 0 fully saturated rings. The summed E-state index contributed by atoms with van der Waals surface area (Å²) in [5.41, 5.74) is 1.24. The van der Waals surface area contributed by atoms with Gasteiger partial charge in [-0.3, -0.25) is 9.78 Å². The van der Waals surface area contributed by atoms with E-state index < -0.39 is 9.84 Å². The fourth-order valence-electron chi connectivity index (χ4n) is 2.79. The van der Waals surface area contributed by atoms with Crippen molar-refractivity contribution in [2.45, 2.75) is 18.2 Å². The molecule has 0 aliphatic rings. The number of rotatable bonds is 9. The zero-order valence-electron chi connectivity index (χ0n) is 16.3. The normalized spacial score (nSPS) is 11.4. The summed E-state index contributed by atoms with van der Waals surface area (Å²) >= 11 is 7.49. The van der Waals surface area contributed by atoms with Gasteiger partial charge >= 0.3 is 0 Å². The Morgan fingerprint density at radius 2 is 1.97 bits per heavy atom. The molecule has 0 saturated carbocycles. The fourth-order valence-corrected chi connectivity index (χ4v) is 5.80. The van der Waals surface area contributed by atoms with E-state index in [1.165, 1.54) is 11.8 Å². The van der Waals surface area contributed by atoms with E-state index in [0.29, 0.717) is 18.0 Å². The van der Waals surface area contributed by atoms with Gasteiger partial charge in [0.15, 0.2) is 15.0 Å². The van der Waals surface area contributed by atoms with E-state index in [1.54, 1.807) is 64.6 Å². The highest BCUT2D eigenvalue weighted by Crippen LogP contribution is 2.27. The molecule has 3 rings (SSSR count). The van der Waals surface area contributed by atoms with Crippen LogP contribution in [0.1, 0.15) is 13.3 Å². The number of nitrogens with zero attached hydrogens (tertiary/aromatic N) is 4. The lowest BCUT2D eigenvalue weighted by atomic mass is 10.3. The van der Waals surface area contributed by atoms with Crippen LogP contribution in [-0.2, 0) is 14.6 Å². The Kier molecular flexibility index (Phi) is 7.52. The molecule has 1 aromatic carbocycles. The van der Waals surface area contributed by atoms with Crippen molar-refractivity contribution in [3.8, 4) is 5.69 Å². The Bertz CT molecular complexity index is 1090. The second-order valence-electron chi connectivity index (χ2n) is 6.30. The maximum Gasteiger partial charge on any atom is 0.227 e. The predicted octanol–water partition coefficient (Wildman–Crippen LogP) is 3.83. The summed E-state index contributed by atoms with van der Waals surface area (Å²) in [5, 5.41) is 4.40. The number of amides is 1. The molecular weight excluding hydrogens is 444 g/mol. The minimum atomic E-state index is -3.37. The first kappa shape index (κ1) is 22.3. The molecule has 0 aliphatic carbocycles. The highest BCUT2D eigenvalue weighted by molar-refractivity contribution is 8.12. The molecule has 1 amide bonds. The molecule has 30 heavy (non-hydrogen) atoms. The third kappa shape index (κ3) is 5.41. The van der Waals surface area contributed by atoms with Crippen LogP contribution in [0.25, 0.3) is 5.69 Å². The lowest BCUT2D eigenvalue weighted by Gasteiger charge is -2.19. The molecule has 0 atom stereocenters. The van der Waals surface area contributed by atoms with Gasteiger partial charge < -0.3 is 4.90 Å². The van der Waals surface area contributed by atoms with Gasteiger partial charge in [-0.1, -0.05) is 29.8 Å². The van der Waals surface area contributed by atoms with Gasteiger partial charge in [0, 0.05) is 24.9 Å². The Morgan fingerprint density at radius 1 is 1.20 bits per heavy atom. The first-order valence-corrected chi connectivity index (χ1v) is 12.4. The van der Waals surface area contributed by atoms with E-state index in [4.69, 9.17) is 11.6 Å². The van der Waals surface area contributed by atoms with E-state index in [2.05, 4.69) is 10.1 Å². The largest absolute Gasteiger partial charge is 0.308 e. The fraction of sp³-hybridized carbons (Fsp3) is 0.250. The molecule has 0 spiro atoms. The SMILES string of the molecule is CCN(C(=O)CCSCS(=O)(=O)c1ccccc1)c1cn(-c2cccnc2)nc1Cl. The van der Waals surface area contributed by atoms with Crippen LogP contribution in [0.4, 0.5) is 5.69 Å². The number of thioether (sulfide) groups is 1. The minimum Gasteiger partial charge on any atom is -0.308 e. The average Bonchev–Trinajstić information content (AvgIpc) is 3.14. The minimum absolute atomic E-state index is 0.0733.